The highest BCUT2D eigenvalue weighted by molar-refractivity contribution is 5.83. The van der Waals surface area contributed by atoms with E-state index in [4.69, 9.17) is 5.11 Å². The van der Waals surface area contributed by atoms with Crippen molar-refractivity contribution in [2.45, 2.75) is 20.8 Å². The largest absolute Gasteiger partial charge is 0.478 e. The normalized spacial score (nSPS) is 15.3. The molecule has 0 bridgehead atoms. The van der Waals surface area contributed by atoms with Crippen molar-refractivity contribution in [1.82, 2.24) is 5.32 Å². The molecule has 0 rings (SSSR count). The highest BCUT2D eigenvalue weighted by atomic mass is 16.4. The van der Waals surface area contributed by atoms with Gasteiger partial charge in [-0.25, -0.2) is 4.79 Å². The highest BCUT2D eigenvalue weighted by Gasteiger charge is 2.16. The standard InChI is InChI=1S/C11H17NO3/c1-5-7(2)8(3)10(6-11(14)15)12-9(4)13/h5-8H,1H2,2-4H3,(H,12,13)(H,14,15)/b10-6-/t7-,8+/m1/s1. The fourth-order valence-corrected chi connectivity index (χ4v) is 1.11. The maximum Gasteiger partial charge on any atom is 0.330 e. The molecule has 2 N–H and O–H groups in total. The van der Waals surface area contributed by atoms with Crippen molar-refractivity contribution in [2.24, 2.45) is 11.8 Å². The minimum Gasteiger partial charge on any atom is -0.478 e. The summed E-state index contributed by atoms with van der Waals surface area (Å²) in [7, 11) is 0. The van der Waals surface area contributed by atoms with Gasteiger partial charge < -0.3 is 10.4 Å². The maximum atomic E-state index is 10.9. The van der Waals surface area contributed by atoms with Crippen molar-refractivity contribution >= 4 is 11.9 Å². The van der Waals surface area contributed by atoms with E-state index in [1.807, 2.05) is 13.8 Å². The lowest BCUT2D eigenvalue weighted by atomic mass is 9.92. The maximum absolute atomic E-state index is 10.9. The van der Waals surface area contributed by atoms with Crippen molar-refractivity contribution < 1.29 is 14.7 Å². The summed E-state index contributed by atoms with van der Waals surface area (Å²) in [5, 5.41) is 11.2. The fraction of sp³-hybridized carbons (Fsp3) is 0.455. The van der Waals surface area contributed by atoms with Crippen LogP contribution < -0.4 is 5.32 Å². The van der Waals surface area contributed by atoms with Crippen LogP contribution in [-0.4, -0.2) is 17.0 Å². The first-order valence-electron chi connectivity index (χ1n) is 4.73. The first-order valence-corrected chi connectivity index (χ1v) is 4.73. The number of carboxylic acid groups (broad SMARTS) is 1. The Kier molecular flexibility index (Phi) is 5.37. The number of rotatable bonds is 5. The van der Waals surface area contributed by atoms with Crippen LogP contribution in [0.1, 0.15) is 20.8 Å². The Hall–Kier alpha value is -1.58. The zero-order chi connectivity index (χ0) is 12.0. The van der Waals surface area contributed by atoms with Crippen LogP contribution in [0.25, 0.3) is 0 Å². The number of carbonyl (C=O) groups is 2. The molecule has 1 amide bonds. The average Bonchev–Trinajstić information content (AvgIpc) is 2.13. The van der Waals surface area contributed by atoms with Gasteiger partial charge in [0.1, 0.15) is 0 Å². The van der Waals surface area contributed by atoms with Crippen LogP contribution in [0.4, 0.5) is 0 Å². The predicted octanol–water partition coefficient (Wildman–Crippen LogP) is 1.55. The van der Waals surface area contributed by atoms with E-state index in [0.717, 1.165) is 6.08 Å². The number of allylic oxidation sites excluding steroid dienone is 2. The van der Waals surface area contributed by atoms with Crippen molar-refractivity contribution in [3.8, 4) is 0 Å². The molecule has 0 aliphatic rings. The van der Waals surface area contributed by atoms with Gasteiger partial charge in [-0.3, -0.25) is 4.79 Å². The summed E-state index contributed by atoms with van der Waals surface area (Å²) in [6.45, 7) is 8.74. The molecule has 0 aliphatic carbocycles. The molecule has 0 aromatic heterocycles. The SMILES string of the molecule is C=C[C@@H](C)[C@H](C)/C(=C/C(=O)O)NC(C)=O. The molecule has 0 heterocycles. The molecule has 0 unspecified atom stereocenters. The molecule has 0 radical (unpaired) electrons. The molecular formula is C11H17NO3. The first kappa shape index (κ1) is 13.4. The smallest absolute Gasteiger partial charge is 0.330 e. The molecule has 2 atom stereocenters. The van der Waals surface area contributed by atoms with Gasteiger partial charge in [0.15, 0.2) is 0 Å². The van der Waals surface area contributed by atoms with Gasteiger partial charge in [0.05, 0.1) is 0 Å². The molecule has 15 heavy (non-hydrogen) atoms. The number of hydrogen-bond acceptors (Lipinski definition) is 2. The second kappa shape index (κ2) is 6.01. The van der Waals surface area contributed by atoms with E-state index in [1.54, 1.807) is 6.08 Å². The summed E-state index contributed by atoms with van der Waals surface area (Å²) in [5.41, 5.74) is 0.405. The lowest BCUT2D eigenvalue weighted by Gasteiger charge is -2.19. The molecular weight excluding hydrogens is 194 g/mol. The number of carbonyl (C=O) groups excluding carboxylic acids is 1. The second-order valence-electron chi connectivity index (χ2n) is 3.50. The van der Waals surface area contributed by atoms with E-state index in [-0.39, 0.29) is 17.7 Å². The Morgan fingerprint density at radius 3 is 2.27 bits per heavy atom. The molecule has 4 nitrogen and oxygen atoms in total. The minimum atomic E-state index is -1.07. The van der Waals surface area contributed by atoms with Crippen LogP contribution in [0.15, 0.2) is 24.4 Å². The Morgan fingerprint density at radius 1 is 1.40 bits per heavy atom. The zero-order valence-electron chi connectivity index (χ0n) is 9.28. The molecule has 0 saturated heterocycles. The summed E-state index contributed by atoms with van der Waals surface area (Å²) in [6, 6.07) is 0. The monoisotopic (exact) mass is 211 g/mol. The lowest BCUT2D eigenvalue weighted by Crippen LogP contribution is -2.27. The third-order valence-electron chi connectivity index (χ3n) is 2.25. The summed E-state index contributed by atoms with van der Waals surface area (Å²) >= 11 is 0. The van der Waals surface area contributed by atoms with Gasteiger partial charge >= 0.3 is 5.97 Å². The van der Waals surface area contributed by atoms with Crippen molar-refractivity contribution in [2.75, 3.05) is 0 Å². The fourth-order valence-electron chi connectivity index (χ4n) is 1.11. The summed E-state index contributed by atoms with van der Waals surface area (Å²) in [4.78, 5) is 21.4. The number of aliphatic carboxylic acids is 1. The van der Waals surface area contributed by atoms with E-state index in [1.165, 1.54) is 6.92 Å². The van der Waals surface area contributed by atoms with E-state index in [2.05, 4.69) is 11.9 Å². The van der Waals surface area contributed by atoms with Gasteiger partial charge in [0.2, 0.25) is 5.91 Å². The number of carboxylic acids is 1. The van der Waals surface area contributed by atoms with E-state index in [0.29, 0.717) is 5.70 Å². The van der Waals surface area contributed by atoms with Crippen LogP contribution in [-0.2, 0) is 9.59 Å². The molecule has 4 heteroatoms. The number of nitrogens with one attached hydrogen (secondary N) is 1. The van der Waals surface area contributed by atoms with Crippen LogP contribution in [0.3, 0.4) is 0 Å². The molecule has 0 aromatic rings. The van der Waals surface area contributed by atoms with Crippen molar-refractivity contribution in [1.29, 1.82) is 0 Å². The van der Waals surface area contributed by atoms with Crippen molar-refractivity contribution in [3.63, 3.8) is 0 Å². The Balaban J connectivity index is 4.84. The topological polar surface area (TPSA) is 66.4 Å². The summed E-state index contributed by atoms with van der Waals surface area (Å²) in [6.07, 6.45) is 2.74. The molecule has 84 valence electrons. The van der Waals surface area contributed by atoms with Crippen LogP contribution >= 0.6 is 0 Å². The Morgan fingerprint density at radius 2 is 1.93 bits per heavy atom. The predicted molar refractivity (Wildman–Crippen MR) is 58.1 cm³/mol. The molecule has 0 spiro atoms. The third-order valence-corrected chi connectivity index (χ3v) is 2.25. The molecule has 0 aromatic carbocycles. The van der Waals surface area contributed by atoms with Gasteiger partial charge in [0.25, 0.3) is 0 Å². The quantitative estimate of drug-likeness (QED) is 0.535. The zero-order valence-corrected chi connectivity index (χ0v) is 9.28. The van der Waals surface area contributed by atoms with Crippen LogP contribution in [0.5, 0.6) is 0 Å². The van der Waals surface area contributed by atoms with E-state index < -0.39 is 5.97 Å². The lowest BCUT2D eigenvalue weighted by molar-refractivity contribution is -0.131. The number of hydrogen-bond donors (Lipinski definition) is 2. The van der Waals surface area contributed by atoms with E-state index >= 15 is 0 Å². The summed E-state index contributed by atoms with van der Waals surface area (Å²) in [5.74, 6) is -1.32. The molecule has 0 saturated carbocycles. The average molecular weight is 211 g/mol. The van der Waals surface area contributed by atoms with Crippen LogP contribution in [0.2, 0.25) is 0 Å². The Bertz CT molecular complexity index is 294. The van der Waals surface area contributed by atoms with Gasteiger partial charge in [-0.2, -0.15) is 0 Å². The minimum absolute atomic E-state index is 0.0810. The highest BCUT2D eigenvalue weighted by Crippen LogP contribution is 2.18. The number of amides is 1. The summed E-state index contributed by atoms with van der Waals surface area (Å²) < 4.78 is 0. The van der Waals surface area contributed by atoms with Crippen LogP contribution in [0, 0.1) is 11.8 Å². The van der Waals surface area contributed by atoms with Crippen molar-refractivity contribution in [3.05, 3.63) is 24.4 Å². The van der Waals surface area contributed by atoms with E-state index in [9.17, 15) is 9.59 Å². The molecule has 0 aliphatic heterocycles. The second-order valence-corrected chi connectivity index (χ2v) is 3.50. The van der Waals surface area contributed by atoms with Gasteiger partial charge in [0, 0.05) is 24.6 Å². The van der Waals surface area contributed by atoms with Gasteiger partial charge in [-0.15, -0.1) is 6.58 Å². The molecule has 0 fully saturated rings. The third kappa shape index (κ3) is 5.00. The van der Waals surface area contributed by atoms with Gasteiger partial charge in [-0.05, 0) is 5.92 Å². The Labute approximate surface area is 89.7 Å². The first-order chi connectivity index (χ1) is 6.88. The van der Waals surface area contributed by atoms with Gasteiger partial charge in [-0.1, -0.05) is 19.9 Å².